The number of hydrogen-bond donors (Lipinski definition) is 2. The quantitative estimate of drug-likeness (QED) is 0.536. The van der Waals surface area contributed by atoms with Gasteiger partial charge in [0.05, 0.1) is 6.61 Å². The second kappa shape index (κ2) is 9.08. The molecule has 1 aromatic rings. The van der Waals surface area contributed by atoms with Gasteiger partial charge in [0.1, 0.15) is 5.75 Å². The minimum absolute atomic E-state index is 0.00701. The van der Waals surface area contributed by atoms with E-state index in [4.69, 9.17) is 9.94 Å². The Bertz CT molecular complexity index is 596. The lowest BCUT2D eigenvalue weighted by atomic mass is 10.1. The standard InChI is InChI=1S/C18H24N2O4/c1-2-24-16-8-5-14(6-9-16)4-3-12-20-13-11-15(18(20)22)7-10-17(21)19-23/h5-6,8-9,11,23H,2-4,7,10,12-13H2,1H3,(H,19,21). The van der Waals surface area contributed by atoms with E-state index < -0.39 is 5.91 Å². The van der Waals surface area contributed by atoms with Crippen molar-refractivity contribution < 1.29 is 19.5 Å². The zero-order valence-corrected chi connectivity index (χ0v) is 14.0. The molecule has 0 aromatic heterocycles. The third-order valence-corrected chi connectivity index (χ3v) is 3.99. The second-order valence-corrected chi connectivity index (χ2v) is 5.70. The van der Waals surface area contributed by atoms with Crippen molar-refractivity contribution in [2.75, 3.05) is 19.7 Å². The molecule has 2 N–H and O–H groups in total. The molecule has 1 aliphatic rings. The van der Waals surface area contributed by atoms with Crippen LogP contribution in [0.5, 0.6) is 5.75 Å². The van der Waals surface area contributed by atoms with Gasteiger partial charge in [0, 0.05) is 25.1 Å². The summed E-state index contributed by atoms with van der Waals surface area (Å²) in [5, 5.41) is 8.48. The molecule has 0 bridgehead atoms. The minimum atomic E-state index is -0.474. The number of ether oxygens (including phenoxy) is 1. The molecule has 0 spiro atoms. The third kappa shape index (κ3) is 5.09. The van der Waals surface area contributed by atoms with E-state index in [0.717, 1.165) is 18.6 Å². The number of hydrogen-bond acceptors (Lipinski definition) is 4. The molecule has 1 aromatic carbocycles. The summed E-state index contributed by atoms with van der Waals surface area (Å²) in [6.07, 6.45) is 4.13. The van der Waals surface area contributed by atoms with Crippen LogP contribution in [-0.4, -0.2) is 41.6 Å². The molecule has 6 heteroatoms. The van der Waals surface area contributed by atoms with Crippen LogP contribution in [0.25, 0.3) is 0 Å². The number of carbonyl (C=O) groups is 2. The summed E-state index contributed by atoms with van der Waals surface area (Å²) in [6.45, 7) is 3.90. The highest BCUT2D eigenvalue weighted by atomic mass is 16.5. The fourth-order valence-corrected chi connectivity index (χ4v) is 2.69. The van der Waals surface area contributed by atoms with Gasteiger partial charge in [0.25, 0.3) is 0 Å². The van der Waals surface area contributed by atoms with E-state index in [-0.39, 0.29) is 12.3 Å². The summed E-state index contributed by atoms with van der Waals surface area (Å²) in [4.78, 5) is 25.0. The fraction of sp³-hybridized carbons (Fsp3) is 0.444. The first-order valence-corrected chi connectivity index (χ1v) is 8.27. The van der Waals surface area contributed by atoms with E-state index >= 15 is 0 Å². The first kappa shape index (κ1) is 18.0. The van der Waals surface area contributed by atoms with Crippen LogP contribution in [-0.2, 0) is 16.0 Å². The average Bonchev–Trinajstić information content (AvgIpc) is 2.95. The summed E-state index contributed by atoms with van der Waals surface area (Å²) in [5.74, 6) is 0.391. The van der Waals surface area contributed by atoms with Crippen molar-refractivity contribution in [3.05, 3.63) is 41.5 Å². The summed E-state index contributed by atoms with van der Waals surface area (Å²) < 4.78 is 5.42. The minimum Gasteiger partial charge on any atom is -0.494 e. The summed E-state index contributed by atoms with van der Waals surface area (Å²) in [7, 11) is 0. The Labute approximate surface area is 142 Å². The SMILES string of the molecule is CCOc1ccc(CCCN2CC=C(CCC(=O)NO)C2=O)cc1. The zero-order valence-electron chi connectivity index (χ0n) is 14.0. The highest BCUT2D eigenvalue weighted by molar-refractivity contribution is 5.96. The molecule has 0 saturated heterocycles. The Balaban J connectivity index is 1.71. The molecular formula is C18H24N2O4. The Morgan fingerprint density at radius 2 is 2.04 bits per heavy atom. The number of hydroxylamine groups is 1. The van der Waals surface area contributed by atoms with Gasteiger partial charge in [0.15, 0.2) is 0 Å². The monoisotopic (exact) mass is 332 g/mol. The smallest absolute Gasteiger partial charge is 0.249 e. The highest BCUT2D eigenvalue weighted by Crippen LogP contribution is 2.18. The number of amides is 2. The summed E-state index contributed by atoms with van der Waals surface area (Å²) >= 11 is 0. The van der Waals surface area contributed by atoms with Gasteiger partial charge in [-0.2, -0.15) is 0 Å². The highest BCUT2D eigenvalue weighted by Gasteiger charge is 2.23. The van der Waals surface area contributed by atoms with E-state index in [1.54, 1.807) is 10.4 Å². The van der Waals surface area contributed by atoms with E-state index in [1.165, 1.54) is 5.56 Å². The maximum absolute atomic E-state index is 12.2. The normalized spacial score (nSPS) is 13.8. The molecule has 0 unspecified atom stereocenters. The van der Waals surface area contributed by atoms with Gasteiger partial charge in [-0.05, 0) is 43.9 Å². The Hall–Kier alpha value is -2.34. The maximum Gasteiger partial charge on any atom is 0.249 e. The molecule has 0 aliphatic carbocycles. The van der Waals surface area contributed by atoms with Gasteiger partial charge >= 0.3 is 0 Å². The first-order chi connectivity index (χ1) is 11.6. The van der Waals surface area contributed by atoms with Crippen molar-refractivity contribution in [2.45, 2.75) is 32.6 Å². The van der Waals surface area contributed by atoms with Gasteiger partial charge in [-0.15, -0.1) is 0 Å². The van der Waals surface area contributed by atoms with Crippen molar-refractivity contribution in [1.29, 1.82) is 0 Å². The molecule has 1 aliphatic heterocycles. The van der Waals surface area contributed by atoms with Crippen LogP contribution in [0.1, 0.15) is 31.7 Å². The third-order valence-electron chi connectivity index (χ3n) is 3.99. The number of nitrogens with one attached hydrogen (secondary N) is 1. The van der Waals surface area contributed by atoms with Crippen molar-refractivity contribution in [3.63, 3.8) is 0 Å². The number of rotatable bonds is 9. The van der Waals surface area contributed by atoms with Crippen LogP contribution in [0.15, 0.2) is 35.9 Å². The average molecular weight is 332 g/mol. The van der Waals surface area contributed by atoms with Gasteiger partial charge in [-0.1, -0.05) is 18.2 Å². The van der Waals surface area contributed by atoms with Gasteiger partial charge < -0.3 is 9.64 Å². The molecule has 0 saturated carbocycles. The van der Waals surface area contributed by atoms with Crippen molar-refractivity contribution in [3.8, 4) is 5.75 Å². The number of aryl methyl sites for hydroxylation is 1. The van der Waals surface area contributed by atoms with Gasteiger partial charge in [-0.3, -0.25) is 14.8 Å². The molecule has 0 atom stereocenters. The lowest BCUT2D eigenvalue weighted by molar-refractivity contribution is -0.129. The lowest BCUT2D eigenvalue weighted by Gasteiger charge is -2.16. The van der Waals surface area contributed by atoms with Crippen LogP contribution in [0.2, 0.25) is 0 Å². The predicted molar refractivity (Wildman–Crippen MR) is 89.8 cm³/mol. The van der Waals surface area contributed by atoms with E-state index in [9.17, 15) is 9.59 Å². The van der Waals surface area contributed by atoms with Gasteiger partial charge in [0.2, 0.25) is 11.8 Å². The Morgan fingerprint density at radius 3 is 2.71 bits per heavy atom. The zero-order chi connectivity index (χ0) is 17.4. The van der Waals surface area contributed by atoms with Gasteiger partial charge in [-0.25, -0.2) is 5.48 Å². The lowest BCUT2D eigenvalue weighted by Crippen LogP contribution is -2.28. The molecule has 130 valence electrons. The number of nitrogens with zero attached hydrogens (tertiary/aromatic N) is 1. The van der Waals surface area contributed by atoms with Crippen molar-refractivity contribution in [1.82, 2.24) is 10.4 Å². The topological polar surface area (TPSA) is 78.9 Å². The summed E-state index contributed by atoms with van der Waals surface area (Å²) in [6, 6.07) is 8.03. The van der Waals surface area contributed by atoms with E-state index in [0.29, 0.717) is 31.7 Å². The number of carbonyl (C=O) groups excluding carboxylic acids is 2. The van der Waals surface area contributed by atoms with E-state index in [1.807, 2.05) is 37.3 Å². The molecule has 24 heavy (non-hydrogen) atoms. The predicted octanol–water partition coefficient (Wildman–Crippen LogP) is 2.07. The van der Waals surface area contributed by atoms with Crippen molar-refractivity contribution >= 4 is 11.8 Å². The summed E-state index contributed by atoms with van der Waals surface area (Å²) in [5.41, 5.74) is 3.45. The Kier molecular flexibility index (Phi) is 6.81. The van der Waals surface area contributed by atoms with Crippen molar-refractivity contribution in [2.24, 2.45) is 0 Å². The van der Waals surface area contributed by atoms with Crippen LogP contribution >= 0.6 is 0 Å². The largest absolute Gasteiger partial charge is 0.494 e. The van der Waals surface area contributed by atoms with E-state index in [2.05, 4.69) is 0 Å². The molecule has 0 fully saturated rings. The fourth-order valence-electron chi connectivity index (χ4n) is 2.69. The first-order valence-electron chi connectivity index (χ1n) is 8.27. The Morgan fingerprint density at radius 1 is 1.29 bits per heavy atom. The van der Waals surface area contributed by atoms with Crippen LogP contribution in [0, 0.1) is 0 Å². The molecule has 0 radical (unpaired) electrons. The van der Waals surface area contributed by atoms with Crippen LogP contribution in [0.3, 0.4) is 0 Å². The molecule has 2 rings (SSSR count). The molecule has 2 amide bonds. The molecular weight excluding hydrogens is 308 g/mol. The maximum atomic E-state index is 12.2. The van der Waals surface area contributed by atoms with Crippen LogP contribution in [0.4, 0.5) is 0 Å². The molecule has 6 nitrogen and oxygen atoms in total. The molecule has 1 heterocycles. The second-order valence-electron chi connectivity index (χ2n) is 5.70. The number of benzene rings is 1. The van der Waals surface area contributed by atoms with Crippen LogP contribution < -0.4 is 10.2 Å².